The third-order valence-corrected chi connectivity index (χ3v) is 13.7. The number of nitrogens with zero attached hydrogens (tertiary/aromatic N) is 2. The highest BCUT2D eigenvalue weighted by Crippen LogP contribution is 2.60. The topological polar surface area (TPSA) is 306 Å². The van der Waals surface area contributed by atoms with Crippen LogP contribution in [-0.2, 0) is 46.3 Å². The highest BCUT2D eigenvalue weighted by molar-refractivity contribution is 7.61. The maximum absolute atomic E-state index is 12.9. The van der Waals surface area contributed by atoms with Crippen molar-refractivity contribution in [1.82, 2.24) is 9.55 Å². The van der Waals surface area contributed by atoms with Crippen LogP contribution in [0.1, 0.15) is 161 Å². The Morgan fingerprint density at radius 1 is 0.757 bits per heavy atom. The Bertz CT molecular complexity index is 1900. The minimum Gasteiger partial charge on any atom is -0.462 e. The highest BCUT2D eigenvalue weighted by atomic mass is 31.3. The number of ether oxygens (including phenoxy) is 3. The van der Waals surface area contributed by atoms with Crippen molar-refractivity contribution < 1.29 is 76.5 Å². The van der Waals surface area contributed by atoms with E-state index < -0.39 is 95.9 Å². The lowest BCUT2D eigenvalue weighted by Gasteiger charge is -2.21. The van der Waals surface area contributed by atoms with E-state index in [-0.39, 0.29) is 31.5 Å². The summed E-state index contributed by atoms with van der Waals surface area (Å²) in [5.41, 5.74) is 4.56. The molecule has 0 amide bonds. The number of carbonyl (C=O) groups is 2. The van der Waals surface area contributed by atoms with Gasteiger partial charge in [0, 0.05) is 19.0 Å². The number of rotatable bonds is 40. The van der Waals surface area contributed by atoms with E-state index in [0.29, 0.717) is 12.8 Å². The number of allylic oxidation sites excluding steroid dienone is 5. The van der Waals surface area contributed by atoms with Crippen LogP contribution in [0.15, 0.2) is 65.7 Å². The van der Waals surface area contributed by atoms with Gasteiger partial charge in [0.15, 0.2) is 12.3 Å². The first-order valence-electron chi connectivity index (χ1n) is 24.9. The third-order valence-electron chi connectivity index (χ3n) is 11.1. The van der Waals surface area contributed by atoms with Crippen molar-refractivity contribution in [1.29, 1.82) is 0 Å². The molecule has 0 aromatic carbocycles. The number of aromatic nitrogens is 2. The van der Waals surface area contributed by atoms with Crippen LogP contribution >= 0.6 is 15.6 Å². The molecule has 22 heteroatoms. The molecule has 0 bridgehead atoms. The predicted molar refractivity (Wildman–Crippen MR) is 264 cm³/mol. The van der Waals surface area contributed by atoms with Gasteiger partial charge in [-0.3, -0.25) is 23.2 Å². The van der Waals surface area contributed by atoms with Gasteiger partial charge in [-0.05, 0) is 44.6 Å². The maximum Gasteiger partial charge on any atom is 0.481 e. The molecule has 0 radical (unpaired) electrons. The summed E-state index contributed by atoms with van der Waals surface area (Å²) in [5.74, 6) is -1.55. The van der Waals surface area contributed by atoms with Gasteiger partial charge in [-0.25, -0.2) is 13.9 Å². The molecule has 1 aromatic rings. The number of unbranched alkanes of at least 4 members (excludes halogenated alkanes) is 15. The van der Waals surface area contributed by atoms with E-state index in [9.17, 15) is 53.7 Å². The first kappa shape index (κ1) is 62.8. The summed E-state index contributed by atoms with van der Waals surface area (Å²) < 4.78 is 56.5. The summed E-state index contributed by atoms with van der Waals surface area (Å²) >= 11 is 0. The van der Waals surface area contributed by atoms with Crippen LogP contribution < -0.4 is 11.4 Å². The molecule has 0 aliphatic carbocycles. The molecule has 2 heterocycles. The molecule has 1 saturated heterocycles. The number of aliphatic hydroxyl groups excluding tert-OH is 4. The summed E-state index contributed by atoms with van der Waals surface area (Å²) in [6, 6.07) is 1.23. The first-order valence-corrected chi connectivity index (χ1v) is 27.9. The summed E-state index contributed by atoms with van der Waals surface area (Å²) in [5, 5.41) is 41.3. The highest BCUT2D eigenvalue weighted by Gasteiger charge is 2.46. The first-order chi connectivity index (χ1) is 33.5. The lowest BCUT2D eigenvalue weighted by molar-refractivity contribution is -0.161. The molecule has 400 valence electrons. The Labute approximate surface area is 413 Å². The van der Waals surface area contributed by atoms with Crippen LogP contribution in [0.4, 0.5) is 5.82 Å². The van der Waals surface area contributed by atoms with Gasteiger partial charge in [0.1, 0.15) is 30.7 Å². The second kappa shape index (κ2) is 36.5. The van der Waals surface area contributed by atoms with Gasteiger partial charge in [0.05, 0.1) is 25.4 Å². The van der Waals surface area contributed by atoms with Crippen molar-refractivity contribution in [2.45, 2.75) is 198 Å². The van der Waals surface area contributed by atoms with Crippen molar-refractivity contribution in [2.24, 2.45) is 0 Å². The Kier molecular flexibility index (Phi) is 32.8. The number of anilines is 1. The molecule has 1 aliphatic heterocycles. The number of nitrogen functional groups attached to an aromatic ring is 1. The number of phosphoric ester groups is 2. The van der Waals surface area contributed by atoms with Crippen LogP contribution in [0.5, 0.6) is 0 Å². The lowest BCUT2D eigenvalue weighted by atomic mass is 10.0. The normalized spacial score (nSPS) is 20.6. The van der Waals surface area contributed by atoms with Crippen molar-refractivity contribution >= 4 is 33.4 Å². The van der Waals surface area contributed by atoms with Crippen LogP contribution in [0, 0.1) is 0 Å². The van der Waals surface area contributed by atoms with E-state index >= 15 is 0 Å². The van der Waals surface area contributed by atoms with Gasteiger partial charge in [0.2, 0.25) is 0 Å². The molecule has 1 fully saturated rings. The van der Waals surface area contributed by atoms with E-state index in [1.807, 2.05) is 6.08 Å². The molecule has 70 heavy (non-hydrogen) atoms. The molecule has 2 unspecified atom stereocenters. The zero-order chi connectivity index (χ0) is 51.6. The summed E-state index contributed by atoms with van der Waals surface area (Å²) in [7, 11) is -11.0. The average molecular weight is 1030 g/mol. The fourth-order valence-corrected chi connectivity index (χ4v) is 9.26. The predicted octanol–water partition coefficient (Wildman–Crippen LogP) is 7.72. The summed E-state index contributed by atoms with van der Waals surface area (Å²) in [4.78, 5) is 61.8. The Morgan fingerprint density at radius 2 is 1.33 bits per heavy atom. The van der Waals surface area contributed by atoms with Crippen LogP contribution in [-0.4, -0.2) is 108 Å². The zero-order valence-electron chi connectivity index (χ0n) is 41.0. The van der Waals surface area contributed by atoms with Gasteiger partial charge >= 0.3 is 33.3 Å². The van der Waals surface area contributed by atoms with Gasteiger partial charge in [0.25, 0.3) is 0 Å². The van der Waals surface area contributed by atoms with Gasteiger partial charge in [-0.1, -0.05) is 152 Å². The molecule has 0 saturated carbocycles. The standard InChI is InChI=1S/C48H81N3O17P2/c1-3-5-7-9-11-12-13-14-15-16-17-19-25-31-43(54)63-35-40(66-44(55)32-26-30-39(53)29-24-21-20-23-28-38(52)27-22-18-10-8-6-4-2)36-64-69(59,60)68-70(61,62)65-37-41-45(56)46(57)47(67-41)51-34-33-42(49)50-48(51)58/h18,20-24,28-29,33-34,38-41,45-47,52-53,56-57H,3-17,19,25-27,30-32,35-37H2,1-2H3,(H,59,60)(H,61,62)(H2,49,50,58)/b21-20+,22-18-,28-23+,29-24-/t38-,39-,40+,41+,45+,46+,47+/m0/s1. The molecule has 20 nitrogen and oxygen atoms in total. The largest absolute Gasteiger partial charge is 0.481 e. The number of carbonyl (C=O) groups excluding carboxylic acids is 2. The molecule has 0 spiro atoms. The van der Waals surface area contributed by atoms with Crippen molar-refractivity contribution in [2.75, 3.05) is 25.6 Å². The van der Waals surface area contributed by atoms with Crippen LogP contribution in [0.3, 0.4) is 0 Å². The van der Waals surface area contributed by atoms with E-state index in [2.05, 4.69) is 29.2 Å². The number of hydrogen-bond acceptors (Lipinski definition) is 17. The number of nitrogens with two attached hydrogens (primary N) is 1. The quantitative estimate of drug-likeness (QED) is 0.0109. The van der Waals surface area contributed by atoms with Gasteiger partial charge in [-0.2, -0.15) is 9.29 Å². The zero-order valence-corrected chi connectivity index (χ0v) is 42.8. The number of aliphatic hydroxyl groups is 4. The smallest absolute Gasteiger partial charge is 0.462 e. The SMILES string of the molecule is CCCCC/C=C\C[C@H](O)/C=C/C=C/C=C\[C@H](O)CCCC(=O)O[C@H](COC(=O)CCCCCCCCCCCCCCC)COP(=O)(O)OP(=O)(O)OC[C@H]1O[C@@H](n2ccc(N)nc2=O)[C@H](O)[C@@H]1O. The van der Waals surface area contributed by atoms with Crippen molar-refractivity contribution in [3.63, 3.8) is 0 Å². The Balaban J connectivity index is 1.89. The second-order valence-corrected chi connectivity index (χ2v) is 20.4. The van der Waals surface area contributed by atoms with E-state index in [1.54, 1.807) is 30.4 Å². The minimum atomic E-state index is -5.48. The van der Waals surface area contributed by atoms with Crippen LogP contribution in [0.2, 0.25) is 0 Å². The van der Waals surface area contributed by atoms with Gasteiger partial charge in [-0.15, -0.1) is 0 Å². The van der Waals surface area contributed by atoms with Gasteiger partial charge < -0.3 is 50.2 Å². The molecule has 2 rings (SSSR count). The Hall–Kier alpha value is -3.36. The fraction of sp³-hybridized carbons (Fsp3) is 0.708. The number of hydrogen-bond donors (Lipinski definition) is 7. The Morgan fingerprint density at radius 3 is 1.96 bits per heavy atom. The minimum absolute atomic E-state index is 0.0758. The molecule has 9 atom stereocenters. The maximum atomic E-state index is 12.9. The third kappa shape index (κ3) is 29.2. The molecule has 1 aromatic heterocycles. The molecule has 1 aliphatic rings. The number of esters is 2. The molecule has 8 N–H and O–H groups in total. The van der Waals surface area contributed by atoms with E-state index in [4.69, 9.17) is 29.0 Å². The lowest BCUT2D eigenvalue weighted by Crippen LogP contribution is -2.36. The van der Waals surface area contributed by atoms with E-state index in [1.165, 1.54) is 69.9 Å². The van der Waals surface area contributed by atoms with Crippen molar-refractivity contribution in [3.05, 3.63) is 71.4 Å². The fourth-order valence-electron chi connectivity index (χ4n) is 7.15. The number of phosphoric acid groups is 2. The summed E-state index contributed by atoms with van der Waals surface area (Å²) in [6.45, 7) is 1.85. The molecular weight excluding hydrogens is 952 g/mol. The second-order valence-electron chi connectivity index (χ2n) is 17.4. The van der Waals surface area contributed by atoms with E-state index in [0.717, 1.165) is 55.7 Å². The van der Waals surface area contributed by atoms with Crippen LogP contribution in [0.25, 0.3) is 0 Å². The monoisotopic (exact) mass is 1030 g/mol. The average Bonchev–Trinajstić information content (AvgIpc) is 3.58. The van der Waals surface area contributed by atoms with Crippen molar-refractivity contribution in [3.8, 4) is 0 Å². The molecular formula is C48H81N3O17P2. The summed E-state index contributed by atoms with van der Waals surface area (Å²) in [6.07, 6.45) is 25.3.